The van der Waals surface area contributed by atoms with Gasteiger partial charge in [-0.3, -0.25) is 4.79 Å². The first-order chi connectivity index (χ1) is 11.9. The van der Waals surface area contributed by atoms with Gasteiger partial charge in [0.15, 0.2) is 18.2 Å². The van der Waals surface area contributed by atoms with E-state index in [2.05, 4.69) is 5.32 Å². The number of halogens is 2. The van der Waals surface area contributed by atoms with E-state index in [1.807, 2.05) is 6.07 Å². The number of anilines is 1. The van der Waals surface area contributed by atoms with Crippen LogP contribution in [0.2, 0.25) is 5.02 Å². The van der Waals surface area contributed by atoms with Crippen molar-refractivity contribution in [2.45, 2.75) is 0 Å². The van der Waals surface area contributed by atoms with Gasteiger partial charge in [0.2, 0.25) is 0 Å². The molecule has 0 saturated carbocycles. The van der Waals surface area contributed by atoms with Crippen LogP contribution in [-0.4, -0.2) is 25.6 Å². The number of nitrogens with zero attached hydrogens (tertiary/aromatic N) is 1. The monoisotopic (exact) mass is 362 g/mol. The van der Waals surface area contributed by atoms with E-state index in [4.69, 9.17) is 26.3 Å². The van der Waals surface area contributed by atoms with Crippen LogP contribution in [0.1, 0.15) is 15.9 Å². The summed E-state index contributed by atoms with van der Waals surface area (Å²) < 4.78 is 23.1. The van der Waals surface area contributed by atoms with E-state index in [0.29, 0.717) is 5.02 Å². The molecule has 1 amide bonds. The number of methoxy groups -OCH3 is 1. The molecule has 6 nitrogen and oxygen atoms in total. The molecule has 25 heavy (non-hydrogen) atoms. The number of rotatable bonds is 5. The molecule has 0 aliphatic rings. The van der Waals surface area contributed by atoms with E-state index in [9.17, 15) is 14.0 Å². The lowest BCUT2D eigenvalue weighted by molar-refractivity contribution is -0.119. The molecule has 0 unspecified atom stereocenters. The number of esters is 1. The number of benzene rings is 2. The second-order valence-electron chi connectivity index (χ2n) is 4.78. The van der Waals surface area contributed by atoms with Crippen molar-refractivity contribution in [3.8, 4) is 11.8 Å². The van der Waals surface area contributed by atoms with Gasteiger partial charge in [-0.05, 0) is 36.4 Å². The summed E-state index contributed by atoms with van der Waals surface area (Å²) in [6, 6.07) is 9.79. The average Bonchev–Trinajstić information content (AvgIpc) is 2.59. The standard InChI is InChI=1S/C17H12ClFN2O4/c1-24-15-5-3-10(6-13(15)19)17(23)25-9-16(22)21-14-7-12(18)4-2-11(14)8-20/h2-7H,9H2,1H3,(H,21,22). The van der Waals surface area contributed by atoms with Gasteiger partial charge in [0.05, 0.1) is 23.9 Å². The number of carbonyl (C=O) groups excluding carboxylic acids is 2. The molecule has 0 heterocycles. The van der Waals surface area contributed by atoms with Crippen molar-refractivity contribution < 1.29 is 23.5 Å². The van der Waals surface area contributed by atoms with Crippen molar-refractivity contribution in [2.24, 2.45) is 0 Å². The molecule has 0 spiro atoms. The summed E-state index contributed by atoms with van der Waals surface area (Å²) in [5.41, 5.74) is 0.347. The summed E-state index contributed by atoms with van der Waals surface area (Å²) in [5.74, 6) is -2.28. The van der Waals surface area contributed by atoms with E-state index in [1.54, 1.807) is 0 Å². The Kier molecular flexibility index (Phi) is 5.93. The van der Waals surface area contributed by atoms with E-state index >= 15 is 0 Å². The van der Waals surface area contributed by atoms with Gasteiger partial charge in [0.25, 0.3) is 5.91 Å². The topological polar surface area (TPSA) is 88.4 Å². The third-order valence-electron chi connectivity index (χ3n) is 3.10. The van der Waals surface area contributed by atoms with Crippen LogP contribution in [0.4, 0.5) is 10.1 Å². The average molecular weight is 363 g/mol. The zero-order valence-electron chi connectivity index (χ0n) is 13.0. The van der Waals surface area contributed by atoms with Gasteiger partial charge in [-0.15, -0.1) is 0 Å². The Hall–Kier alpha value is -3.11. The SMILES string of the molecule is COc1ccc(C(=O)OCC(=O)Nc2cc(Cl)ccc2C#N)cc1F. The molecular formula is C17H12ClFN2O4. The second-order valence-corrected chi connectivity index (χ2v) is 5.21. The fourth-order valence-corrected chi connectivity index (χ4v) is 2.08. The fourth-order valence-electron chi connectivity index (χ4n) is 1.91. The number of amides is 1. The first-order valence-corrected chi connectivity index (χ1v) is 7.32. The molecular weight excluding hydrogens is 351 g/mol. The van der Waals surface area contributed by atoms with Crippen LogP contribution in [0.3, 0.4) is 0 Å². The highest BCUT2D eigenvalue weighted by Gasteiger charge is 2.14. The van der Waals surface area contributed by atoms with Crippen LogP contribution in [0, 0.1) is 17.1 Å². The highest BCUT2D eigenvalue weighted by Crippen LogP contribution is 2.20. The van der Waals surface area contributed by atoms with Crippen molar-refractivity contribution >= 4 is 29.2 Å². The predicted octanol–water partition coefficient (Wildman–Crippen LogP) is 3.15. The van der Waals surface area contributed by atoms with E-state index in [0.717, 1.165) is 6.07 Å². The molecule has 0 saturated heterocycles. The Balaban J connectivity index is 1.98. The predicted molar refractivity (Wildman–Crippen MR) is 88.0 cm³/mol. The molecule has 0 radical (unpaired) electrons. The Morgan fingerprint density at radius 1 is 1.28 bits per heavy atom. The molecule has 0 aliphatic carbocycles. The molecule has 2 aromatic rings. The van der Waals surface area contributed by atoms with Crippen molar-refractivity contribution in [3.63, 3.8) is 0 Å². The number of nitriles is 1. The zero-order valence-corrected chi connectivity index (χ0v) is 13.8. The Labute approximate surface area is 147 Å². The van der Waals surface area contributed by atoms with Gasteiger partial charge in [-0.1, -0.05) is 11.6 Å². The summed E-state index contributed by atoms with van der Waals surface area (Å²) in [7, 11) is 1.30. The Morgan fingerprint density at radius 3 is 2.68 bits per heavy atom. The molecule has 8 heteroatoms. The lowest BCUT2D eigenvalue weighted by Gasteiger charge is -2.09. The quantitative estimate of drug-likeness (QED) is 0.825. The van der Waals surface area contributed by atoms with E-state index < -0.39 is 24.3 Å². The third-order valence-corrected chi connectivity index (χ3v) is 3.33. The van der Waals surface area contributed by atoms with Gasteiger partial charge in [0, 0.05) is 5.02 Å². The van der Waals surface area contributed by atoms with Gasteiger partial charge in [0.1, 0.15) is 6.07 Å². The first-order valence-electron chi connectivity index (χ1n) is 6.94. The smallest absolute Gasteiger partial charge is 0.338 e. The molecule has 2 aromatic carbocycles. The van der Waals surface area contributed by atoms with Gasteiger partial charge < -0.3 is 14.8 Å². The Bertz CT molecular complexity index is 864. The molecule has 0 aliphatic heterocycles. The maximum Gasteiger partial charge on any atom is 0.338 e. The normalized spacial score (nSPS) is 9.84. The lowest BCUT2D eigenvalue weighted by atomic mass is 10.2. The molecule has 0 aromatic heterocycles. The minimum atomic E-state index is -0.872. The third kappa shape index (κ3) is 4.68. The number of ether oxygens (including phenoxy) is 2. The van der Waals surface area contributed by atoms with Crippen LogP contribution in [0.5, 0.6) is 5.75 Å². The van der Waals surface area contributed by atoms with Crippen LogP contribution in [-0.2, 0) is 9.53 Å². The maximum absolute atomic E-state index is 13.6. The van der Waals surface area contributed by atoms with Crippen molar-refractivity contribution in [1.82, 2.24) is 0 Å². The largest absolute Gasteiger partial charge is 0.494 e. The minimum absolute atomic E-state index is 0.0146. The van der Waals surface area contributed by atoms with E-state index in [-0.39, 0.29) is 22.6 Å². The lowest BCUT2D eigenvalue weighted by Crippen LogP contribution is -2.21. The van der Waals surface area contributed by atoms with Crippen molar-refractivity contribution in [1.29, 1.82) is 5.26 Å². The van der Waals surface area contributed by atoms with Gasteiger partial charge in [-0.25, -0.2) is 9.18 Å². The summed E-state index contributed by atoms with van der Waals surface area (Å²) in [6.07, 6.45) is 0. The van der Waals surface area contributed by atoms with Gasteiger partial charge in [-0.2, -0.15) is 5.26 Å². The summed E-state index contributed by atoms with van der Waals surface area (Å²) in [4.78, 5) is 23.7. The molecule has 0 fully saturated rings. The van der Waals surface area contributed by atoms with Crippen LogP contribution >= 0.6 is 11.6 Å². The van der Waals surface area contributed by atoms with Crippen LogP contribution < -0.4 is 10.1 Å². The Morgan fingerprint density at radius 2 is 2.04 bits per heavy atom. The summed E-state index contributed by atoms with van der Waals surface area (Å²) in [6.45, 7) is -0.607. The highest BCUT2D eigenvalue weighted by molar-refractivity contribution is 6.31. The van der Waals surface area contributed by atoms with E-state index in [1.165, 1.54) is 37.4 Å². The summed E-state index contributed by atoms with van der Waals surface area (Å²) >= 11 is 5.81. The van der Waals surface area contributed by atoms with Crippen LogP contribution in [0.25, 0.3) is 0 Å². The molecule has 2 rings (SSSR count). The fraction of sp³-hybridized carbons (Fsp3) is 0.118. The first kappa shape index (κ1) is 18.2. The molecule has 0 bridgehead atoms. The number of carbonyl (C=O) groups is 2. The molecule has 1 N–H and O–H groups in total. The van der Waals surface area contributed by atoms with Crippen LogP contribution in [0.15, 0.2) is 36.4 Å². The summed E-state index contributed by atoms with van der Waals surface area (Å²) in [5, 5.41) is 11.7. The number of hydrogen-bond donors (Lipinski definition) is 1. The van der Waals surface area contributed by atoms with Crippen molar-refractivity contribution in [3.05, 3.63) is 58.4 Å². The highest BCUT2D eigenvalue weighted by atomic mass is 35.5. The number of nitrogens with one attached hydrogen (secondary N) is 1. The maximum atomic E-state index is 13.6. The zero-order chi connectivity index (χ0) is 18.4. The molecule has 0 atom stereocenters. The minimum Gasteiger partial charge on any atom is -0.494 e. The molecule has 128 valence electrons. The number of hydrogen-bond acceptors (Lipinski definition) is 5. The van der Waals surface area contributed by atoms with Gasteiger partial charge >= 0.3 is 5.97 Å². The van der Waals surface area contributed by atoms with Crippen molar-refractivity contribution in [2.75, 3.05) is 19.0 Å². The second kappa shape index (κ2) is 8.13.